The van der Waals surface area contributed by atoms with E-state index in [1.54, 1.807) is 5.32 Å². The number of Topliss-reactive ketones (excluding diaryl/α,β-unsaturated/α-hetero) is 1. The normalized spacial score (nSPS) is 13.7. The van der Waals surface area contributed by atoms with Crippen molar-refractivity contribution in [3.63, 3.8) is 0 Å². The van der Waals surface area contributed by atoms with Crippen LogP contribution in [0.2, 0.25) is 15.1 Å². The van der Waals surface area contributed by atoms with E-state index in [4.69, 9.17) is 34.8 Å². The zero-order chi connectivity index (χ0) is 29.9. The van der Waals surface area contributed by atoms with Crippen LogP contribution >= 0.6 is 34.8 Å². The molecule has 0 radical (unpaired) electrons. The third-order valence-electron chi connectivity index (χ3n) is 4.98. The van der Waals surface area contributed by atoms with Crippen molar-refractivity contribution in [2.24, 2.45) is 0 Å². The van der Waals surface area contributed by atoms with Crippen molar-refractivity contribution in [1.82, 2.24) is 10.6 Å². The van der Waals surface area contributed by atoms with Crippen LogP contribution in [0.5, 0.6) is 0 Å². The summed E-state index contributed by atoms with van der Waals surface area (Å²) in [6.07, 6.45) is -9.67. The van der Waals surface area contributed by atoms with Crippen molar-refractivity contribution in [1.29, 1.82) is 0 Å². The number of halogens is 12. The fraction of sp³-hybridized carbons (Fsp3) is 0.304. The number of amides is 2. The summed E-state index contributed by atoms with van der Waals surface area (Å²) in [4.78, 5) is 23.6. The molecule has 0 aromatic heterocycles. The molecule has 2 amide bonds. The molecule has 2 aromatic carbocycles. The van der Waals surface area contributed by atoms with E-state index in [0.29, 0.717) is 25.1 Å². The minimum absolute atomic E-state index is 0.160. The van der Waals surface area contributed by atoms with Crippen LogP contribution in [0.3, 0.4) is 0 Å². The van der Waals surface area contributed by atoms with Gasteiger partial charge in [0.1, 0.15) is 12.4 Å². The van der Waals surface area contributed by atoms with Crippen LogP contribution in [0.4, 0.5) is 44.3 Å². The molecule has 0 fully saturated rings. The first-order valence-corrected chi connectivity index (χ1v) is 11.6. The zero-order valence-electron chi connectivity index (χ0n) is 19.3. The number of alkyl halides is 8. The highest BCUT2D eigenvalue weighted by atomic mass is 35.5. The largest absolute Gasteiger partial charge is 0.417 e. The molecule has 16 heteroatoms. The fourth-order valence-corrected chi connectivity index (χ4v) is 3.81. The van der Waals surface area contributed by atoms with Gasteiger partial charge in [-0.15, -0.1) is 0 Å². The summed E-state index contributed by atoms with van der Waals surface area (Å²) >= 11 is 17.5. The summed E-state index contributed by atoms with van der Waals surface area (Å²) in [6, 6.07) is 1.93. The minimum Gasteiger partial charge on any atom is -0.331 e. The van der Waals surface area contributed by atoms with E-state index in [1.165, 1.54) is 5.32 Å². The smallest absolute Gasteiger partial charge is 0.331 e. The molecule has 1 unspecified atom stereocenters. The molecule has 4 nitrogen and oxygen atoms in total. The maximum absolute atomic E-state index is 15.0. The van der Waals surface area contributed by atoms with E-state index in [2.05, 4.69) is 0 Å². The van der Waals surface area contributed by atoms with Gasteiger partial charge < -0.3 is 10.6 Å². The Bertz CT molecular complexity index is 1250. The van der Waals surface area contributed by atoms with Gasteiger partial charge in [0.25, 0.3) is 5.92 Å². The molecule has 2 N–H and O–H groups in total. The summed E-state index contributed by atoms with van der Waals surface area (Å²) in [5, 5.41) is 2.41. The first-order chi connectivity index (χ1) is 17.7. The average molecular weight is 630 g/mol. The van der Waals surface area contributed by atoms with Crippen LogP contribution < -0.4 is 10.6 Å². The maximum Gasteiger partial charge on any atom is 0.417 e. The fourth-order valence-electron chi connectivity index (χ4n) is 3.20. The van der Waals surface area contributed by atoms with Crippen LogP contribution in [-0.4, -0.2) is 37.0 Å². The van der Waals surface area contributed by atoms with E-state index in [1.807, 2.05) is 0 Å². The van der Waals surface area contributed by atoms with E-state index >= 15 is 4.39 Å². The van der Waals surface area contributed by atoms with Crippen molar-refractivity contribution in [3.8, 4) is 0 Å². The molecule has 0 aliphatic rings. The van der Waals surface area contributed by atoms with Crippen molar-refractivity contribution in [3.05, 3.63) is 73.7 Å². The summed E-state index contributed by atoms with van der Waals surface area (Å²) in [7, 11) is 0. The Hall–Kier alpha value is -2.64. The number of hydrogen-bond acceptors (Lipinski definition) is 2. The molecule has 1 atom stereocenters. The molecule has 0 bridgehead atoms. The highest BCUT2D eigenvalue weighted by Gasteiger charge is 2.37. The van der Waals surface area contributed by atoms with Gasteiger partial charge in [-0.2, -0.15) is 26.3 Å². The second-order valence-corrected chi connectivity index (χ2v) is 9.27. The van der Waals surface area contributed by atoms with Gasteiger partial charge in [0.05, 0.1) is 33.1 Å². The van der Waals surface area contributed by atoms with Gasteiger partial charge in [-0.3, -0.25) is 4.79 Å². The molecule has 214 valence electrons. The highest BCUT2D eigenvalue weighted by Crippen LogP contribution is 2.42. The Morgan fingerprint density at radius 3 is 1.97 bits per heavy atom. The quantitative estimate of drug-likeness (QED) is 0.175. The van der Waals surface area contributed by atoms with Crippen molar-refractivity contribution >= 4 is 52.4 Å². The van der Waals surface area contributed by atoms with Gasteiger partial charge in [0, 0.05) is 18.1 Å². The summed E-state index contributed by atoms with van der Waals surface area (Å²) in [5.74, 6) is -8.60. The molecule has 0 saturated carbocycles. The van der Waals surface area contributed by atoms with Crippen molar-refractivity contribution < 1.29 is 49.1 Å². The molecule has 0 heterocycles. The Balaban J connectivity index is 2.41. The molecular formula is C23H16Cl3F9N2O2. The Morgan fingerprint density at radius 1 is 0.923 bits per heavy atom. The lowest BCUT2D eigenvalue weighted by Gasteiger charge is -2.22. The first-order valence-electron chi connectivity index (χ1n) is 10.4. The van der Waals surface area contributed by atoms with Gasteiger partial charge in [-0.25, -0.2) is 18.0 Å². The molecule has 39 heavy (non-hydrogen) atoms. The number of carbonyl (C=O) groups excluding carboxylic acids is 2. The number of benzene rings is 2. The average Bonchev–Trinajstić information content (AvgIpc) is 2.80. The predicted molar refractivity (Wildman–Crippen MR) is 127 cm³/mol. The van der Waals surface area contributed by atoms with Crippen LogP contribution in [0.25, 0.3) is 5.83 Å². The number of nitrogens with one attached hydrogen (secondary N) is 2. The Kier molecular flexibility index (Phi) is 10.2. The van der Waals surface area contributed by atoms with Crippen molar-refractivity contribution in [2.75, 3.05) is 13.1 Å². The Morgan fingerprint density at radius 2 is 1.49 bits per heavy atom. The van der Waals surface area contributed by atoms with Gasteiger partial charge in [0.2, 0.25) is 0 Å². The minimum atomic E-state index is -5.24. The lowest BCUT2D eigenvalue weighted by Crippen LogP contribution is -2.42. The first kappa shape index (κ1) is 32.6. The van der Waals surface area contributed by atoms with Gasteiger partial charge in [-0.05, 0) is 29.8 Å². The third kappa shape index (κ3) is 9.21. The number of allylic oxidation sites excluding steroid dienone is 1. The topological polar surface area (TPSA) is 58.2 Å². The maximum atomic E-state index is 15.0. The van der Waals surface area contributed by atoms with Gasteiger partial charge in [0.15, 0.2) is 5.78 Å². The molecular weight excluding hydrogens is 614 g/mol. The summed E-state index contributed by atoms with van der Waals surface area (Å²) < 4.78 is 121. The van der Waals surface area contributed by atoms with Crippen LogP contribution in [0, 0.1) is 0 Å². The van der Waals surface area contributed by atoms with E-state index in [-0.39, 0.29) is 26.7 Å². The predicted octanol–water partition coefficient (Wildman–Crippen LogP) is 8.46. The highest BCUT2D eigenvalue weighted by molar-refractivity contribution is 6.48. The van der Waals surface area contributed by atoms with Crippen LogP contribution in [0.1, 0.15) is 39.9 Å². The van der Waals surface area contributed by atoms with Crippen molar-refractivity contribution in [2.45, 2.75) is 31.1 Å². The molecule has 0 aliphatic heterocycles. The Labute approximate surface area is 230 Å². The number of urea groups is 1. The molecule has 2 rings (SSSR count). The SMILES string of the molecule is CC(F)(F)C(/C=C(\F)c1ccc(C(=O)CNC(=O)NCC(F)(F)F)c(C(F)(F)F)c1)c1cc(Cl)c(Cl)c(Cl)c1. The molecule has 0 spiro atoms. The van der Waals surface area contributed by atoms with E-state index in [0.717, 1.165) is 12.1 Å². The monoisotopic (exact) mass is 628 g/mol. The second-order valence-electron chi connectivity index (χ2n) is 8.08. The van der Waals surface area contributed by atoms with Crippen LogP contribution in [0.15, 0.2) is 36.4 Å². The van der Waals surface area contributed by atoms with E-state index in [9.17, 15) is 44.7 Å². The molecule has 0 saturated heterocycles. The van der Waals surface area contributed by atoms with Crippen LogP contribution in [-0.2, 0) is 6.18 Å². The standard InChI is InChI=1S/C23H16Cl3F9N2O2/c1-21(28,29)13(11-5-15(24)19(26)16(25)6-11)7-17(27)10-2-3-12(14(4-10)23(33,34)35)18(38)8-36-20(39)37-9-22(30,31)32/h2-7,13H,8-9H2,1H3,(H2,36,37,39)/b17-7-. The number of rotatable bonds is 8. The number of hydrogen-bond donors (Lipinski definition) is 2. The van der Waals surface area contributed by atoms with E-state index < -0.39 is 71.6 Å². The number of ketones is 1. The zero-order valence-corrected chi connectivity index (χ0v) is 21.6. The third-order valence-corrected chi connectivity index (χ3v) is 6.18. The summed E-state index contributed by atoms with van der Waals surface area (Å²) in [5.41, 5.74) is -3.85. The summed E-state index contributed by atoms with van der Waals surface area (Å²) in [6.45, 7) is -2.46. The second kappa shape index (κ2) is 12.3. The number of carbonyl (C=O) groups is 2. The molecule has 0 aliphatic carbocycles. The lowest BCUT2D eigenvalue weighted by atomic mass is 9.91. The molecule has 2 aromatic rings. The van der Waals surface area contributed by atoms with Gasteiger partial charge >= 0.3 is 18.4 Å². The lowest BCUT2D eigenvalue weighted by molar-refractivity contribution is -0.138. The van der Waals surface area contributed by atoms with Gasteiger partial charge in [-0.1, -0.05) is 46.9 Å².